The first kappa shape index (κ1) is 10.3. The summed E-state index contributed by atoms with van der Waals surface area (Å²) in [6.07, 6.45) is 1.62. The summed E-state index contributed by atoms with van der Waals surface area (Å²) in [6.45, 7) is 0. The second-order valence-electron chi connectivity index (χ2n) is 3.40. The molecule has 0 aliphatic rings. The summed E-state index contributed by atoms with van der Waals surface area (Å²) in [7, 11) is 1.61. The van der Waals surface area contributed by atoms with Gasteiger partial charge in [0, 0.05) is 11.9 Å². The number of ether oxygens (including phenoxy) is 1. The highest BCUT2D eigenvalue weighted by Gasteiger charge is 2.09. The van der Waals surface area contributed by atoms with Crippen LogP contribution in [0.5, 0.6) is 5.75 Å². The van der Waals surface area contributed by atoms with E-state index in [4.69, 9.17) is 16.2 Å². The van der Waals surface area contributed by atoms with E-state index in [1.165, 1.54) is 0 Å². The first-order valence-corrected chi connectivity index (χ1v) is 4.86. The van der Waals surface area contributed by atoms with Crippen LogP contribution in [0.15, 0.2) is 36.5 Å². The summed E-state index contributed by atoms with van der Waals surface area (Å²) in [4.78, 5) is 4.05. The molecule has 4 heteroatoms. The molecule has 0 spiro atoms. The minimum absolute atomic E-state index is 0.448. The summed E-state index contributed by atoms with van der Waals surface area (Å²) in [5, 5.41) is 0. The maximum absolute atomic E-state index is 5.84. The Bertz CT molecular complexity index is 494. The number of nitrogens with two attached hydrogens (primary N) is 2. The molecule has 1 heterocycles. The molecular formula is C12H13N3O. The van der Waals surface area contributed by atoms with Gasteiger partial charge in [-0.1, -0.05) is 12.1 Å². The molecular weight excluding hydrogens is 202 g/mol. The number of aromatic nitrogens is 1. The molecule has 1 aromatic heterocycles. The zero-order valence-corrected chi connectivity index (χ0v) is 8.97. The number of hydrogen-bond donors (Lipinski definition) is 2. The second-order valence-corrected chi connectivity index (χ2v) is 3.40. The average Bonchev–Trinajstić information content (AvgIpc) is 2.30. The van der Waals surface area contributed by atoms with Crippen molar-refractivity contribution < 1.29 is 4.74 Å². The van der Waals surface area contributed by atoms with Gasteiger partial charge in [-0.25, -0.2) is 4.98 Å². The monoisotopic (exact) mass is 215 g/mol. The van der Waals surface area contributed by atoms with E-state index in [0.29, 0.717) is 17.3 Å². The Kier molecular flexibility index (Phi) is 2.64. The lowest BCUT2D eigenvalue weighted by atomic mass is 10.1. The van der Waals surface area contributed by atoms with Crippen LogP contribution in [0.25, 0.3) is 11.1 Å². The van der Waals surface area contributed by atoms with Gasteiger partial charge >= 0.3 is 0 Å². The van der Waals surface area contributed by atoms with Crippen molar-refractivity contribution in [2.24, 2.45) is 0 Å². The number of benzene rings is 1. The first-order chi connectivity index (χ1) is 7.72. The zero-order chi connectivity index (χ0) is 11.5. The number of nitrogen functional groups attached to an aromatic ring is 2. The molecule has 4 nitrogen and oxygen atoms in total. The summed E-state index contributed by atoms with van der Waals surface area (Å²) in [5.41, 5.74) is 13.9. The van der Waals surface area contributed by atoms with Gasteiger partial charge in [0.25, 0.3) is 0 Å². The minimum Gasteiger partial charge on any atom is -0.496 e. The Morgan fingerprint density at radius 2 is 1.75 bits per heavy atom. The van der Waals surface area contributed by atoms with Gasteiger partial charge in [0.15, 0.2) is 0 Å². The molecule has 0 atom stereocenters. The maximum atomic E-state index is 5.84. The van der Waals surface area contributed by atoms with Crippen molar-refractivity contribution in [3.63, 3.8) is 0 Å². The summed E-state index contributed by atoms with van der Waals surface area (Å²) in [5.74, 6) is 1.15. The van der Waals surface area contributed by atoms with Crippen LogP contribution >= 0.6 is 0 Å². The lowest BCUT2D eigenvalue weighted by Crippen LogP contribution is -1.97. The van der Waals surface area contributed by atoms with Crippen molar-refractivity contribution in [3.8, 4) is 16.9 Å². The van der Waals surface area contributed by atoms with Gasteiger partial charge in [-0.15, -0.1) is 0 Å². The van der Waals surface area contributed by atoms with E-state index < -0.39 is 0 Å². The molecule has 82 valence electrons. The third-order valence-corrected chi connectivity index (χ3v) is 2.36. The summed E-state index contributed by atoms with van der Waals surface area (Å²) >= 11 is 0. The Morgan fingerprint density at radius 1 is 1.06 bits per heavy atom. The predicted molar refractivity (Wildman–Crippen MR) is 65.0 cm³/mol. The van der Waals surface area contributed by atoms with Crippen LogP contribution in [0.3, 0.4) is 0 Å². The Hall–Kier alpha value is -2.23. The molecule has 0 aliphatic carbocycles. The normalized spacial score (nSPS) is 10.1. The molecule has 0 saturated carbocycles. The maximum Gasteiger partial charge on any atom is 0.134 e. The molecule has 0 amide bonds. The second kappa shape index (κ2) is 4.10. The molecule has 0 unspecified atom stereocenters. The van der Waals surface area contributed by atoms with Crippen LogP contribution in [0.2, 0.25) is 0 Å². The van der Waals surface area contributed by atoms with Gasteiger partial charge in [-0.3, -0.25) is 0 Å². The van der Waals surface area contributed by atoms with E-state index in [1.807, 2.05) is 24.3 Å². The number of nitrogens with zero attached hydrogens (tertiary/aromatic N) is 1. The van der Waals surface area contributed by atoms with E-state index >= 15 is 0 Å². The Labute approximate surface area is 93.9 Å². The third kappa shape index (κ3) is 1.77. The van der Waals surface area contributed by atoms with E-state index in [9.17, 15) is 0 Å². The van der Waals surface area contributed by atoms with Gasteiger partial charge in [0.05, 0.1) is 12.7 Å². The van der Waals surface area contributed by atoms with Gasteiger partial charge in [-0.05, 0) is 23.8 Å². The fraction of sp³-hybridized carbons (Fsp3) is 0.0833. The Balaban J connectivity index is 2.58. The third-order valence-electron chi connectivity index (χ3n) is 2.36. The van der Waals surface area contributed by atoms with Crippen LogP contribution in [-0.2, 0) is 0 Å². The molecule has 0 fully saturated rings. The Morgan fingerprint density at radius 3 is 2.38 bits per heavy atom. The molecule has 0 aliphatic heterocycles. The molecule has 0 bridgehead atoms. The van der Waals surface area contributed by atoms with Crippen molar-refractivity contribution in [3.05, 3.63) is 36.5 Å². The van der Waals surface area contributed by atoms with Crippen LogP contribution in [0.1, 0.15) is 0 Å². The highest BCUT2D eigenvalue weighted by atomic mass is 16.5. The van der Waals surface area contributed by atoms with E-state index in [-0.39, 0.29) is 0 Å². The van der Waals surface area contributed by atoms with Crippen molar-refractivity contribution in [2.75, 3.05) is 18.6 Å². The average molecular weight is 215 g/mol. The fourth-order valence-electron chi connectivity index (χ4n) is 1.57. The van der Waals surface area contributed by atoms with E-state index in [2.05, 4.69) is 4.98 Å². The molecule has 0 saturated heterocycles. The van der Waals surface area contributed by atoms with Gasteiger partial charge in [-0.2, -0.15) is 0 Å². The van der Waals surface area contributed by atoms with Crippen molar-refractivity contribution >= 4 is 11.5 Å². The molecule has 2 aromatic rings. The van der Waals surface area contributed by atoms with E-state index in [1.54, 1.807) is 19.4 Å². The van der Waals surface area contributed by atoms with Crippen LogP contribution in [0, 0.1) is 0 Å². The number of rotatable bonds is 2. The summed E-state index contributed by atoms with van der Waals surface area (Å²) in [6, 6.07) is 9.21. The summed E-state index contributed by atoms with van der Waals surface area (Å²) < 4.78 is 5.26. The molecule has 0 radical (unpaired) electrons. The number of anilines is 2. The van der Waals surface area contributed by atoms with Crippen LogP contribution in [-0.4, -0.2) is 12.1 Å². The highest BCUT2D eigenvalue weighted by Crippen LogP contribution is 2.33. The van der Waals surface area contributed by atoms with E-state index in [0.717, 1.165) is 11.1 Å². The minimum atomic E-state index is 0.448. The number of hydrogen-bond acceptors (Lipinski definition) is 4. The molecule has 2 rings (SSSR count). The fourth-order valence-corrected chi connectivity index (χ4v) is 1.57. The van der Waals surface area contributed by atoms with Crippen LogP contribution < -0.4 is 16.2 Å². The largest absolute Gasteiger partial charge is 0.496 e. The first-order valence-electron chi connectivity index (χ1n) is 4.86. The van der Waals surface area contributed by atoms with Gasteiger partial charge in [0.1, 0.15) is 11.6 Å². The molecule has 4 N–H and O–H groups in total. The molecule has 16 heavy (non-hydrogen) atoms. The topological polar surface area (TPSA) is 74.2 Å². The lowest BCUT2D eigenvalue weighted by Gasteiger charge is -2.10. The highest BCUT2D eigenvalue weighted by molar-refractivity contribution is 5.80. The van der Waals surface area contributed by atoms with Crippen molar-refractivity contribution in [1.82, 2.24) is 4.98 Å². The SMILES string of the molecule is COc1ccnc(N)c1-c1ccc(N)cc1. The quantitative estimate of drug-likeness (QED) is 0.750. The van der Waals surface area contributed by atoms with Crippen molar-refractivity contribution in [1.29, 1.82) is 0 Å². The smallest absolute Gasteiger partial charge is 0.134 e. The zero-order valence-electron chi connectivity index (χ0n) is 8.97. The number of methoxy groups -OCH3 is 1. The van der Waals surface area contributed by atoms with Gasteiger partial charge < -0.3 is 16.2 Å². The predicted octanol–water partition coefficient (Wildman–Crippen LogP) is 1.92. The van der Waals surface area contributed by atoms with Crippen LogP contribution in [0.4, 0.5) is 11.5 Å². The lowest BCUT2D eigenvalue weighted by molar-refractivity contribution is 0.416. The molecule has 1 aromatic carbocycles. The number of pyridine rings is 1. The standard InChI is InChI=1S/C12H13N3O/c1-16-10-6-7-15-12(14)11(10)8-2-4-9(13)5-3-8/h2-7H,13H2,1H3,(H2,14,15). The van der Waals surface area contributed by atoms with Crippen molar-refractivity contribution in [2.45, 2.75) is 0 Å². The van der Waals surface area contributed by atoms with Gasteiger partial charge in [0.2, 0.25) is 0 Å².